The van der Waals surface area contributed by atoms with Crippen LogP contribution in [0, 0.1) is 5.92 Å². The molecule has 3 amide bonds. The Bertz CT molecular complexity index is 710. The van der Waals surface area contributed by atoms with Crippen molar-refractivity contribution in [1.29, 1.82) is 0 Å². The van der Waals surface area contributed by atoms with Gasteiger partial charge in [-0.3, -0.25) is 14.4 Å². The van der Waals surface area contributed by atoms with E-state index in [1.807, 2.05) is 30.3 Å². The molecule has 0 unspecified atom stereocenters. The van der Waals surface area contributed by atoms with E-state index in [2.05, 4.69) is 10.6 Å². The molecule has 0 bridgehead atoms. The number of nitrogens with one attached hydrogen (secondary N) is 2. The van der Waals surface area contributed by atoms with Crippen LogP contribution in [0.3, 0.4) is 0 Å². The third-order valence-corrected chi connectivity index (χ3v) is 4.55. The molecule has 9 heteroatoms. The first kappa shape index (κ1) is 25.9. The SMILES string of the molecule is CCOC(=O)C[C@H](C)[C@@H](NC(=O)CCCCCNC(=O)OCc1ccccc1)C(N)=O. The molecular formula is C22H33N3O6. The summed E-state index contributed by atoms with van der Waals surface area (Å²) in [6, 6.07) is 8.45. The van der Waals surface area contributed by atoms with Crippen molar-refractivity contribution >= 4 is 23.9 Å². The molecule has 172 valence electrons. The van der Waals surface area contributed by atoms with Crippen LogP contribution >= 0.6 is 0 Å². The number of primary amides is 1. The molecule has 1 rings (SSSR count). The Morgan fingerprint density at radius 2 is 1.74 bits per heavy atom. The summed E-state index contributed by atoms with van der Waals surface area (Å²) in [5.41, 5.74) is 6.27. The van der Waals surface area contributed by atoms with E-state index in [1.165, 1.54) is 0 Å². The first-order chi connectivity index (χ1) is 14.8. The highest BCUT2D eigenvalue weighted by Crippen LogP contribution is 2.10. The first-order valence-electron chi connectivity index (χ1n) is 10.5. The van der Waals surface area contributed by atoms with E-state index in [-0.39, 0.29) is 32.0 Å². The summed E-state index contributed by atoms with van der Waals surface area (Å²) < 4.78 is 9.97. The molecule has 0 spiro atoms. The summed E-state index contributed by atoms with van der Waals surface area (Å²) in [5.74, 6) is -1.91. The van der Waals surface area contributed by atoms with Crippen molar-refractivity contribution in [1.82, 2.24) is 10.6 Å². The van der Waals surface area contributed by atoms with Crippen LogP contribution in [-0.4, -0.2) is 43.1 Å². The maximum absolute atomic E-state index is 12.1. The highest BCUT2D eigenvalue weighted by atomic mass is 16.5. The zero-order valence-corrected chi connectivity index (χ0v) is 18.2. The van der Waals surface area contributed by atoms with Gasteiger partial charge in [-0.2, -0.15) is 0 Å². The summed E-state index contributed by atoms with van der Waals surface area (Å²) in [5, 5.41) is 5.26. The van der Waals surface area contributed by atoms with Crippen LogP contribution in [0.4, 0.5) is 4.79 Å². The van der Waals surface area contributed by atoms with Crippen LogP contribution in [0.2, 0.25) is 0 Å². The molecule has 1 aromatic rings. The van der Waals surface area contributed by atoms with Crippen LogP contribution in [0.1, 0.15) is 51.5 Å². The molecule has 0 radical (unpaired) electrons. The van der Waals surface area contributed by atoms with E-state index < -0.39 is 29.9 Å². The Morgan fingerprint density at radius 1 is 1.03 bits per heavy atom. The van der Waals surface area contributed by atoms with Gasteiger partial charge < -0.3 is 25.8 Å². The fourth-order valence-electron chi connectivity index (χ4n) is 2.89. The van der Waals surface area contributed by atoms with Gasteiger partial charge >= 0.3 is 12.1 Å². The Labute approximate surface area is 183 Å². The predicted octanol–water partition coefficient (Wildman–Crippen LogP) is 2.03. The van der Waals surface area contributed by atoms with Gasteiger partial charge in [-0.15, -0.1) is 0 Å². The van der Waals surface area contributed by atoms with Crippen LogP contribution in [0.25, 0.3) is 0 Å². The summed E-state index contributed by atoms with van der Waals surface area (Å²) >= 11 is 0. The van der Waals surface area contributed by atoms with Crippen molar-refractivity contribution in [2.24, 2.45) is 11.7 Å². The minimum absolute atomic E-state index is 0.00618. The van der Waals surface area contributed by atoms with Gasteiger partial charge in [0.05, 0.1) is 13.0 Å². The molecule has 0 saturated carbocycles. The lowest BCUT2D eigenvalue weighted by molar-refractivity contribution is -0.144. The lowest BCUT2D eigenvalue weighted by Crippen LogP contribution is -2.48. The normalized spacial score (nSPS) is 12.3. The van der Waals surface area contributed by atoms with Crippen molar-refractivity contribution in [2.45, 2.75) is 58.6 Å². The van der Waals surface area contributed by atoms with Crippen LogP contribution < -0.4 is 16.4 Å². The Hall–Kier alpha value is -3.10. The number of ether oxygens (including phenoxy) is 2. The molecule has 0 aliphatic carbocycles. The number of amides is 3. The number of hydrogen-bond donors (Lipinski definition) is 3. The van der Waals surface area contributed by atoms with Crippen molar-refractivity contribution in [3.8, 4) is 0 Å². The van der Waals surface area contributed by atoms with Crippen molar-refractivity contribution in [3.05, 3.63) is 35.9 Å². The average molecular weight is 436 g/mol. The topological polar surface area (TPSA) is 137 Å². The largest absolute Gasteiger partial charge is 0.466 e. The number of nitrogens with two attached hydrogens (primary N) is 1. The Balaban J connectivity index is 2.18. The third kappa shape index (κ3) is 11.6. The second kappa shape index (κ2) is 14.8. The molecule has 0 aliphatic heterocycles. The number of carbonyl (C=O) groups is 4. The molecule has 2 atom stereocenters. The lowest BCUT2D eigenvalue weighted by Gasteiger charge is -2.21. The Morgan fingerprint density at radius 3 is 2.39 bits per heavy atom. The predicted molar refractivity (Wildman–Crippen MR) is 115 cm³/mol. The minimum atomic E-state index is -0.932. The van der Waals surface area contributed by atoms with Gasteiger partial charge in [0.25, 0.3) is 0 Å². The van der Waals surface area contributed by atoms with E-state index in [9.17, 15) is 19.2 Å². The van der Waals surface area contributed by atoms with Gasteiger partial charge in [0.15, 0.2) is 0 Å². The molecule has 4 N–H and O–H groups in total. The van der Waals surface area contributed by atoms with E-state index in [0.29, 0.717) is 25.8 Å². The van der Waals surface area contributed by atoms with Gasteiger partial charge in [0.1, 0.15) is 12.6 Å². The van der Waals surface area contributed by atoms with Gasteiger partial charge in [-0.1, -0.05) is 43.7 Å². The third-order valence-electron chi connectivity index (χ3n) is 4.55. The molecule has 1 aromatic carbocycles. The molecule has 0 aromatic heterocycles. The van der Waals surface area contributed by atoms with Gasteiger partial charge in [-0.25, -0.2) is 4.79 Å². The second-order valence-corrected chi connectivity index (χ2v) is 7.23. The fourth-order valence-corrected chi connectivity index (χ4v) is 2.89. The van der Waals surface area contributed by atoms with E-state index in [4.69, 9.17) is 15.2 Å². The quantitative estimate of drug-likeness (QED) is 0.302. The molecule has 0 aliphatic rings. The fraction of sp³-hybridized carbons (Fsp3) is 0.545. The highest BCUT2D eigenvalue weighted by Gasteiger charge is 2.26. The standard InChI is InChI=1S/C22H33N3O6/c1-3-30-19(27)14-16(2)20(21(23)28)25-18(26)12-8-5-9-13-24-22(29)31-15-17-10-6-4-7-11-17/h4,6-7,10-11,16,20H,3,5,8-9,12-15H2,1-2H3,(H2,23,28)(H,24,29)(H,25,26)/t16-,20+/m0/s1. The Kier molecular flexibility index (Phi) is 12.4. The number of hydrogen-bond acceptors (Lipinski definition) is 6. The smallest absolute Gasteiger partial charge is 0.407 e. The number of unbranched alkanes of at least 4 members (excludes halogenated alkanes) is 2. The van der Waals surface area contributed by atoms with Crippen molar-refractivity contribution in [3.63, 3.8) is 0 Å². The molecule has 0 saturated heterocycles. The highest BCUT2D eigenvalue weighted by molar-refractivity contribution is 5.87. The average Bonchev–Trinajstić information content (AvgIpc) is 2.73. The number of rotatable bonds is 14. The first-order valence-corrected chi connectivity index (χ1v) is 10.5. The van der Waals surface area contributed by atoms with Gasteiger partial charge in [0, 0.05) is 13.0 Å². The zero-order chi connectivity index (χ0) is 23.1. The van der Waals surface area contributed by atoms with E-state index >= 15 is 0 Å². The van der Waals surface area contributed by atoms with Crippen molar-refractivity contribution < 1.29 is 28.7 Å². The van der Waals surface area contributed by atoms with Crippen molar-refractivity contribution in [2.75, 3.05) is 13.2 Å². The molecular weight excluding hydrogens is 402 g/mol. The van der Waals surface area contributed by atoms with Crippen LogP contribution in [0.5, 0.6) is 0 Å². The molecule has 31 heavy (non-hydrogen) atoms. The summed E-state index contributed by atoms with van der Waals surface area (Å²) in [7, 11) is 0. The van der Waals surface area contributed by atoms with Crippen LogP contribution in [-0.2, 0) is 30.5 Å². The number of alkyl carbamates (subject to hydrolysis) is 1. The lowest BCUT2D eigenvalue weighted by atomic mass is 9.97. The molecule has 0 heterocycles. The maximum atomic E-state index is 12.1. The number of carbonyl (C=O) groups excluding carboxylic acids is 4. The second-order valence-electron chi connectivity index (χ2n) is 7.23. The maximum Gasteiger partial charge on any atom is 0.407 e. The van der Waals surface area contributed by atoms with Gasteiger partial charge in [-0.05, 0) is 31.2 Å². The summed E-state index contributed by atoms with van der Waals surface area (Å²) in [6.07, 6.45) is 1.71. The van der Waals surface area contributed by atoms with E-state index in [1.54, 1.807) is 13.8 Å². The summed E-state index contributed by atoms with van der Waals surface area (Å²) in [6.45, 7) is 4.26. The minimum Gasteiger partial charge on any atom is -0.466 e. The van der Waals surface area contributed by atoms with E-state index in [0.717, 1.165) is 5.56 Å². The number of esters is 1. The molecule has 0 fully saturated rings. The monoisotopic (exact) mass is 435 g/mol. The summed E-state index contributed by atoms with van der Waals surface area (Å²) in [4.78, 5) is 47.0. The molecule has 9 nitrogen and oxygen atoms in total. The van der Waals surface area contributed by atoms with Crippen LogP contribution in [0.15, 0.2) is 30.3 Å². The van der Waals surface area contributed by atoms with Gasteiger partial charge in [0.2, 0.25) is 11.8 Å². The number of benzene rings is 1. The zero-order valence-electron chi connectivity index (χ0n) is 18.2.